The Morgan fingerprint density at radius 3 is 2.87 bits per heavy atom. The van der Waals surface area contributed by atoms with E-state index in [1.807, 2.05) is 12.1 Å². The van der Waals surface area contributed by atoms with Gasteiger partial charge in [0.1, 0.15) is 5.75 Å². The highest BCUT2D eigenvalue weighted by atomic mass is 127. The second kappa shape index (κ2) is 7.49. The van der Waals surface area contributed by atoms with E-state index in [9.17, 15) is 0 Å². The van der Waals surface area contributed by atoms with Gasteiger partial charge < -0.3 is 4.74 Å². The van der Waals surface area contributed by atoms with Crippen molar-refractivity contribution < 1.29 is 4.74 Å². The van der Waals surface area contributed by atoms with Crippen LogP contribution in [0.25, 0.3) is 0 Å². The number of ether oxygens (including phenoxy) is 1. The predicted octanol–water partition coefficient (Wildman–Crippen LogP) is 4.48. The summed E-state index contributed by atoms with van der Waals surface area (Å²) >= 11 is 5.75. The van der Waals surface area contributed by atoms with Crippen LogP contribution in [0.2, 0.25) is 0 Å². The van der Waals surface area contributed by atoms with E-state index >= 15 is 0 Å². The fraction of sp³-hybridized carbons (Fsp3) is 0.500. The minimum absolute atomic E-state index is 0.729. The lowest BCUT2D eigenvalue weighted by Gasteiger charge is -2.10. The van der Waals surface area contributed by atoms with Gasteiger partial charge in [0.05, 0.1) is 6.61 Å². The third-order valence-electron chi connectivity index (χ3n) is 2.28. The number of hydrogen-bond donors (Lipinski definition) is 0. The van der Waals surface area contributed by atoms with Crippen LogP contribution < -0.4 is 4.74 Å². The van der Waals surface area contributed by atoms with E-state index in [2.05, 4.69) is 57.6 Å². The van der Waals surface area contributed by atoms with Gasteiger partial charge in [0.15, 0.2) is 0 Å². The van der Waals surface area contributed by atoms with Crippen LogP contribution in [-0.4, -0.2) is 11.9 Å². The molecule has 15 heavy (non-hydrogen) atoms. The molecule has 0 radical (unpaired) electrons. The summed E-state index contributed by atoms with van der Waals surface area (Å²) in [7, 11) is 0. The standard InChI is InChI=1S/C12H16BrIO/c1-10(5-7-13)6-8-15-12-4-2-3-11(14)9-12/h2-4,9-10H,5-8H2,1H3. The summed E-state index contributed by atoms with van der Waals surface area (Å²) in [5, 5.41) is 1.08. The molecule has 0 aromatic heterocycles. The Bertz CT molecular complexity index is 291. The van der Waals surface area contributed by atoms with Gasteiger partial charge >= 0.3 is 0 Å². The molecule has 0 N–H and O–H groups in total. The molecule has 0 spiro atoms. The molecular weight excluding hydrogens is 367 g/mol. The van der Waals surface area contributed by atoms with E-state index in [-0.39, 0.29) is 0 Å². The average molecular weight is 383 g/mol. The first-order chi connectivity index (χ1) is 7.22. The van der Waals surface area contributed by atoms with Gasteiger partial charge in [-0.1, -0.05) is 28.9 Å². The number of rotatable bonds is 6. The van der Waals surface area contributed by atoms with Crippen LogP contribution in [0.3, 0.4) is 0 Å². The van der Waals surface area contributed by atoms with Crippen molar-refractivity contribution in [3.63, 3.8) is 0 Å². The highest BCUT2D eigenvalue weighted by Crippen LogP contribution is 2.16. The van der Waals surface area contributed by atoms with E-state index in [0.717, 1.165) is 30.0 Å². The van der Waals surface area contributed by atoms with E-state index in [0.29, 0.717) is 0 Å². The van der Waals surface area contributed by atoms with Crippen molar-refractivity contribution in [3.8, 4) is 5.75 Å². The molecule has 0 aliphatic heterocycles. The van der Waals surface area contributed by atoms with E-state index in [1.54, 1.807) is 0 Å². The first kappa shape index (κ1) is 13.3. The van der Waals surface area contributed by atoms with Crippen LogP contribution in [0, 0.1) is 9.49 Å². The molecule has 0 fully saturated rings. The van der Waals surface area contributed by atoms with Crippen LogP contribution in [-0.2, 0) is 0 Å². The predicted molar refractivity (Wildman–Crippen MR) is 76.8 cm³/mol. The van der Waals surface area contributed by atoms with Crippen molar-refractivity contribution in [3.05, 3.63) is 27.8 Å². The molecule has 0 amide bonds. The lowest BCUT2D eigenvalue weighted by molar-refractivity contribution is 0.282. The van der Waals surface area contributed by atoms with Gasteiger partial charge in [0.2, 0.25) is 0 Å². The van der Waals surface area contributed by atoms with E-state index < -0.39 is 0 Å². The number of benzene rings is 1. The summed E-state index contributed by atoms with van der Waals surface area (Å²) in [5.41, 5.74) is 0. The quantitative estimate of drug-likeness (QED) is 0.520. The molecule has 0 aliphatic carbocycles. The number of alkyl halides is 1. The summed E-state index contributed by atoms with van der Waals surface area (Å²) in [6.07, 6.45) is 2.34. The van der Waals surface area contributed by atoms with Gasteiger partial charge in [-0.25, -0.2) is 0 Å². The molecule has 0 saturated carbocycles. The van der Waals surface area contributed by atoms with E-state index in [1.165, 1.54) is 9.99 Å². The molecule has 0 bridgehead atoms. The first-order valence-corrected chi connectivity index (χ1v) is 7.36. The minimum atomic E-state index is 0.729. The van der Waals surface area contributed by atoms with Gasteiger partial charge in [0.25, 0.3) is 0 Å². The molecule has 84 valence electrons. The molecule has 1 rings (SSSR count). The second-order valence-electron chi connectivity index (χ2n) is 3.68. The number of halogens is 2. The SMILES string of the molecule is CC(CCBr)CCOc1cccc(I)c1. The second-order valence-corrected chi connectivity index (χ2v) is 5.72. The molecule has 1 unspecified atom stereocenters. The molecule has 1 aromatic rings. The summed E-state index contributed by atoms with van der Waals surface area (Å²) in [6.45, 7) is 3.08. The van der Waals surface area contributed by atoms with Crippen LogP contribution >= 0.6 is 38.5 Å². The monoisotopic (exact) mass is 382 g/mol. The highest BCUT2D eigenvalue weighted by Gasteiger charge is 2.01. The third kappa shape index (κ3) is 5.76. The molecule has 1 atom stereocenters. The lowest BCUT2D eigenvalue weighted by atomic mass is 10.1. The Hall–Kier alpha value is 0.230. The van der Waals surface area contributed by atoms with Crippen LogP contribution in [0.15, 0.2) is 24.3 Å². The lowest BCUT2D eigenvalue weighted by Crippen LogP contribution is -2.04. The number of hydrogen-bond acceptors (Lipinski definition) is 1. The van der Waals surface area contributed by atoms with Crippen molar-refractivity contribution >= 4 is 38.5 Å². The Morgan fingerprint density at radius 2 is 2.20 bits per heavy atom. The third-order valence-corrected chi connectivity index (χ3v) is 3.41. The molecule has 0 saturated heterocycles. The fourth-order valence-corrected chi connectivity index (χ4v) is 2.56. The summed E-state index contributed by atoms with van der Waals surface area (Å²) in [4.78, 5) is 0. The Morgan fingerprint density at radius 1 is 1.40 bits per heavy atom. The Balaban J connectivity index is 2.25. The fourth-order valence-electron chi connectivity index (χ4n) is 1.27. The zero-order valence-electron chi connectivity index (χ0n) is 8.88. The summed E-state index contributed by atoms with van der Waals surface area (Å²) in [6, 6.07) is 8.17. The molecule has 1 aromatic carbocycles. The molecule has 0 aliphatic rings. The first-order valence-electron chi connectivity index (χ1n) is 5.16. The van der Waals surface area contributed by atoms with Crippen LogP contribution in [0.4, 0.5) is 0 Å². The highest BCUT2D eigenvalue weighted by molar-refractivity contribution is 14.1. The molecule has 1 nitrogen and oxygen atoms in total. The van der Waals surface area contributed by atoms with Crippen molar-refractivity contribution in [1.29, 1.82) is 0 Å². The van der Waals surface area contributed by atoms with Crippen molar-refractivity contribution in [2.24, 2.45) is 5.92 Å². The van der Waals surface area contributed by atoms with Crippen molar-refractivity contribution in [1.82, 2.24) is 0 Å². The van der Waals surface area contributed by atoms with Crippen LogP contribution in [0.1, 0.15) is 19.8 Å². The van der Waals surface area contributed by atoms with Gasteiger partial charge in [-0.05, 0) is 59.5 Å². The Kier molecular flexibility index (Phi) is 6.64. The van der Waals surface area contributed by atoms with Crippen molar-refractivity contribution in [2.45, 2.75) is 19.8 Å². The largest absolute Gasteiger partial charge is 0.494 e. The molecular formula is C12H16BrIO. The normalized spacial score (nSPS) is 12.5. The van der Waals surface area contributed by atoms with Crippen LogP contribution in [0.5, 0.6) is 5.75 Å². The minimum Gasteiger partial charge on any atom is -0.494 e. The van der Waals surface area contributed by atoms with Gasteiger partial charge in [-0.15, -0.1) is 0 Å². The zero-order valence-corrected chi connectivity index (χ0v) is 12.6. The maximum atomic E-state index is 5.68. The molecule has 0 heterocycles. The topological polar surface area (TPSA) is 9.23 Å². The van der Waals surface area contributed by atoms with E-state index in [4.69, 9.17) is 4.74 Å². The average Bonchev–Trinajstić information content (AvgIpc) is 2.18. The van der Waals surface area contributed by atoms with Gasteiger partial charge in [-0.2, -0.15) is 0 Å². The molecule has 3 heteroatoms. The van der Waals surface area contributed by atoms with Gasteiger partial charge in [-0.3, -0.25) is 0 Å². The summed E-state index contributed by atoms with van der Waals surface area (Å²) < 4.78 is 6.90. The maximum Gasteiger partial charge on any atom is 0.120 e. The van der Waals surface area contributed by atoms with Gasteiger partial charge in [0, 0.05) is 8.90 Å². The maximum absolute atomic E-state index is 5.68. The summed E-state index contributed by atoms with van der Waals surface area (Å²) in [5.74, 6) is 1.71. The zero-order chi connectivity index (χ0) is 11.1. The van der Waals surface area contributed by atoms with Crippen molar-refractivity contribution in [2.75, 3.05) is 11.9 Å². The smallest absolute Gasteiger partial charge is 0.120 e. The Labute approximate surface area is 114 Å².